The number of rotatable bonds is 10. The van der Waals surface area contributed by atoms with Gasteiger partial charge in [-0.2, -0.15) is 5.06 Å². The molecular formula is C29H36IN3O9. The molecule has 3 saturated carbocycles. The number of hydrogen-bond donors (Lipinski definition) is 4. The second-order valence-corrected chi connectivity index (χ2v) is 13.7. The van der Waals surface area contributed by atoms with Crippen LogP contribution in [0.15, 0.2) is 24.3 Å². The van der Waals surface area contributed by atoms with Gasteiger partial charge in [0.1, 0.15) is 35.9 Å². The van der Waals surface area contributed by atoms with E-state index in [2.05, 4.69) is 33.2 Å². The average molecular weight is 698 g/mol. The molecule has 3 aliphatic heterocycles. The summed E-state index contributed by atoms with van der Waals surface area (Å²) < 4.78 is 20.6. The maximum atomic E-state index is 14.5. The Hall–Kier alpha value is -1.88. The second kappa shape index (κ2) is 10.6. The molecule has 228 valence electrons. The van der Waals surface area contributed by atoms with Gasteiger partial charge in [0.15, 0.2) is 11.8 Å². The Morgan fingerprint density at radius 1 is 1.12 bits per heavy atom. The molecule has 0 radical (unpaired) electrons. The molecule has 12 nitrogen and oxygen atoms in total. The number of hydroxylamine groups is 2. The number of halogens is 1. The van der Waals surface area contributed by atoms with Crippen LogP contribution in [0.1, 0.15) is 44.6 Å². The van der Waals surface area contributed by atoms with Gasteiger partial charge in [-0.25, -0.2) is 0 Å². The molecular weight excluding hydrogens is 661 g/mol. The molecule has 7 rings (SSSR count). The van der Waals surface area contributed by atoms with Crippen LogP contribution in [-0.4, -0.2) is 94.6 Å². The zero-order chi connectivity index (χ0) is 29.4. The van der Waals surface area contributed by atoms with Crippen molar-refractivity contribution in [3.05, 3.63) is 33.4 Å². The van der Waals surface area contributed by atoms with Gasteiger partial charge in [-0.1, -0.05) is 12.1 Å². The predicted octanol–water partition coefficient (Wildman–Crippen LogP) is 0.366. The van der Waals surface area contributed by atoms with Crippen LogP contribution in [0.25, 0.3) is 0 Å². The summed E-state index contributed by atoms with van der Waals surface area (Å²) in [5.41, 5.74) is -0.573. The lowest BCUT2D eigenvalue weighted by Crippen LogP contribution is -2.71. The molecule has 2 bridgehead atoms. The average Bonchev–Trinajstić information content (AvgIpc) is 3.90. The first-order valence-corrected chi connectivity index (χ1v) is 15.9. The number of aliphatic hydroxyl groups excluding tert-OH is 2. The Balaban J connectivity index is 1.26. The highest BCUT2D eigenvalue weighted by Gasteiger charge is 2.78. The molecule has 6 aliphatic rings. The quantitative estimate of drug-likeness (QED) is 0.199. The van der Waals surface area contributed by atoms with Gasteiger partial charge in [-0.3, -0.25) is 19.2 Å². The van der Waals surface area contributed by atoms with Crippen molar-refractivity contribution in [2.24, 2.45) is 17.3 Å². The lowest BCUT2D eigenvalue weighted by atomic mass is 9.62. The Kier molecular flexibility index (Phi) is 7.31. The summed E-state index contributed by atoms with van der Waals surface area (Å²) in [6.07, 6.45) is 0.0276. The van der Waals surface area contributed by atoms with Crippen LogP contribution in [0.4, 0.5) is 0 Å². The van der Waals surface area contributed by atoms with Crippen molar-refractivity contribution in [1.29, 1.82) is 0 Å². The molecule has 1 aromatic rings. The minimum absolute atomic E-state index is 0.0328. The molecule has 4 N–H and O–H groups in total. The highest BCUT2D eigenvalue weighted by Crippen LogP contribution is 2.63. The second-order valence-electron chi connectivity index (χ2n) is 12.5. The molecule has 2 amide bonds. The van der Waals surface area contributed by atoms with E-state index in [1.54, 1.807) is 0 Å². The number of benzene rings is 1. The Labute approximate surface area is 256 Å². The SMILES string of the molecule is C[C@H](O)[C@@H](NC(=O)[C@@]12C[C@H]3OC(=O)[C@@H]1N(Cc1ccc(I)cc1)O[C@@H]2[C@H]1OC(C2CC2)(C2CC2)O[C@H]13)C(=O)NCCO. The topological polar surface area (TPSA) is 156 Å². The maximum Gasteiger partial charge on any atom is 0.327 e. The van der Waals surface area contributed by atoms with Crippen molar-refractivity contribution < 1.29 is 43.6 Å². The fourth-order valence-corrected chi connectivity index (χ4v) is 7.77. The van der Waals surface area contributed by atoms with Gasteiger partial charge in [0, 0.05) is 28.4 Å². The normalized spacial score (nSPS) is 36.1. The molecule has 0 spiro atoms. The summed E-state index contributed by atoms with van der Waals surface area (Å²) in [5.74, 6) is -2.09. The minimum atomic E-state index is -1.46. The third-order valence-electron chi connectivity index (χ3n) is 9.62. The molecule has 0 unspecified atom stereocenters. The molecule has 3 saturated heterocycles. The zero-order valence-corrected chi connectivity index (χ0v) is 25.4. The monoisotopic (exact) mass is 697 g/mol. The van der Waals surface area contributed by atoms with Crippen molar-refractivity contribution >= 4 is 40.4 Å². The number of esters is 1. The number of hydrogen-bond acceptors (Lipinski definition) is 10. The van der Waals surface area contributed by atoms with Crippen LogP contribution in [0.3, 0.4) is 0 Å². The molecule has 6 fully saturated rings. The first-order valence-electron chi connectivity index (χ1n) is 14.8. The standard InChI is InChI=1S/C29H36IN3O9/c1-14(35)20(25(36)31-10-11-34)32-27(38)28-12-19-21-22(41-29(40-21,16-4-5-16)17-6-7-17)24(28)42-33(23(28)26(37)39-19)13-15-2-8-18(30)9-3-15/h2-3,8-9,14,16-17,19-24,34-35H,4-7,10-13H2,1H3,(H,31,36)(H,32,38)/t14-,19+,20+,21-,22-,23-,24+,28-/m0/s1. The molecule has 3 heterocycles. The van der Waals surface area contributed by atoms with Crippen LogP contribution in [0.5, 0.6) is 0 Å². The van der Waals surface area contributed by atoms with Crippen LogP contribution in [0, 0.1) is 20.8 Å². The van der Waals surface area contributed by atoms with E-state index in [1.807, 2.05) is 24.3 Å². The van der Waals surface area contributed by atoms with Crippen molar-refractivity contribution in [1.82, 2.24) is 15.7 Å². The number of carbonyl (C=O) groups is 3. The van der Waals surface area contributed by atoms with Gasteiger partial charge >= 0.3 is 5.97 Å². The highest BCUT2D eigenvalue weighted by molar-refractivity contribution is 14.1. The Bertz CT molecular complexity index is 1240. The van der Waals surface area contributed by atoms with Gasteiger partial charge in [0.25, 0.3) is 0 Å². The van der Waals surface area contributed by atoms with Gasteiger partial charge in [-0.15, -0.1) is 0 Å². The van der Waals surface area contributed by atoms with E-state index in [0.717, 1.165) is 34.8 Å². The number of carbonyl (C=O) groups excluding carboxylic acids is 3. The van der Waals surface area contributed by atoms with E-state index in [9.17, 15) is 19.5 Å². The fourth-order valence-electron chi connectivity index (χ4n) is 7.41. The van der Waals surface area contributed by atoms with Gasteiger partial charge < -0.3 is 35.1 Å². The number of nitrogens with one attached hydrogen (secondary N) is 2. The third kappa shape index (κ3) is 4.58. The van der Waals surface area contributed by atoms with Gasteiger partial charge in [0.2, 0.25) is 11.8 Å². The minimum Gasteiger partial charge on any atom is -0.458 e. The lowest BCUT2D eigenvalue weighted by molar-refractivity contribution is -0.235. The Morgan fingerprint density at radius 3 is 2.40 bits per heavy atom. The highest BCUT2D eigenvalue weighted by atomic mass is 127. The zero-order valence-electron chi connectivity index (χ0n) is 23.2. The molecule has 3 aliphatic carbocycles. The summed E-state index contributed by atoms with van der Waals surface area (Å²) in [5, 5.41) is 26.4. The van der Waals surface area contributed by atoms with Gasteiger partial charge in [0.05, 0.1) is 19.3 Å². The molecule has 1 aromatic carbocycles. The smallest absolute Gasteiger partial charge is 0.327 e. The number of nitrogens with zero attached hydrogens (tertiary/aromatic N) is 1. The number of fused-ring (bicyclic) bond motifs is 4. The summed E-state index contributed by atoms with van der Waals surface area (Å²) in [6, 6.07) is 5.38. The van der Waals surface area contributed by atoms with E-state index in [0.29, 0.717) is 0 Å². The maximum absolute atomic E-state index is 14.5. The van der Waals surface area contributed by atoms with Crippen LogP contribution in [-0.2, 0) is 40.0 Å². The van der Waals surface area contributed by atoms with Crippen molar-refractivity contribution in [3.8, 4) is 0 Å². The summed E-state index contributed by atoms with van der Waals surface area (Å²) in [4.78, 5) is 47.7. The van der Waals surface area contributed by atoms with E-state index >= 15 is 0 Å². The van der Waals surface area contributed by atoms with E-state index in [4.69, 9.17) is 24.2 Å². The van der Waals surface area contributed by atoms with Crippen molar-refractivity contribution in [2.75, 3.05) is 13.2 Å². The van der Waals surface area contributed by atoms with Crippen molar-refractivity contribution in [2.45, 2.75) is 94.0 Å². The van der Waals surface area contributed by atoms with Crippen LogP contribution >= 0.6 is 22.6 Å². The number of aliphatic hydroxyl groups is 2. The van der Waals surface area contributed by atoms with E-state index < -0.39 is 71.6 Å². The predicted molar refractivity (Wildman–Crippen MR) is 152 cm³/mol. The summed E-state index contributed by atoms with van der Waals surface area (Å²) in [6.45, 7) is 1.30. The first kappa shape index (κ1) is 28.9. The molecule has 8 atom stereocenters. The molecule has 0 aromatic heterocycles. The summed E-state index contributed by atoms with van der Waals surface area (Å²) >= 11 is 2.22. The van der Waals surface area contributed by atoms with Crippen molar-refractivity contribution in [3.63, 3.8) is 0 Å². The summed E-state index contributed by atoms with van der Waals surface area (Å²) in [7, 11) is 0. The largest absolute Gasteiger partial charge is 0.458 e. The number of amides is 2. The molecule has 13 heteroatoms. The number of ether oxygens (including phenoxy) is 3. The first-order chi connectivity index (χ1) is 20.2. The van der Waals surface area contributed by atoms with E-state index in [-0.39, 0.29) is 38.0 Å². The van der Waals surface area contributed by atoms with E-state index in [1.165, 1.54) is 12.0 Å². The third-order valence-corrected chi connectivity index (χ3v) is 10.3. The van der Waals surface area contributed by atoms with Gasteiger partial charge in [-0.05, 0) is 72.9 Å². The fraction of sp³-hybridized carbons (Fsp3) is 0.690. The Morgan fingerprint density at radius 2 is 1.79 bits per heavy atom. The van der Waals surface area contributed by atoms with Crippen LogP contribution < -0.4 is 10.6 Å². The van der Waals surface area contributed by atoms with Crippen LogP contribution in [0.2, 0.25) is 0 Å². The molecule has 42 heavy (non-hydrogen) atoms. The lowest BCUT2D eigenvalue weighted by Gasteiger charge is -2.49.